The van der Waals surface area contributed by atoms with E-state index in [1.165, 1.54) is 53.6 Å². The van der Waals surface area contributed by atoms with E-state index in [4.69, 9.17) is 62.7 Å². The van der Waals surface area contributed by atoms with Crippen molar-refractivity contribution in [1.82, 2.24) is 0 Å². The second kappa shape index (κ2) is 56.3. The third kappa shape index (κ3) is 89.9. The molecule has 0 saturated carbocycles. The van der Waals surface area contributed by atoms with Crippen LogP contribution in [0.4, 0.5) is 30.7 Å². The van der Waals surface area contributed by atoms with Crippen LogP contribution in [0.15, 0.2) is 98.1 Å². The lowest BCUT2D eigenvalue weighted by Crippen LogP contribution is -2.26. The number of aryl methyl sites for hydroxylation is 7. The molecule has 0 aromatic carbocycles. The summed E-state index contributed by atoms with van der Waals surface area (Å²) in [6.45, 7) is 0.749. The molecular weight excluding hydrogens is 1330 g/mol. The van der Waals surface area contributed by atoms with E-state index in [0.29, 0.717) is 6.54 Å². The first kappa shape index (κ1) is 95.9. The number of carboxylic acid groups (broad SMARTS) is 2. The molecule has 0 saturated heterocycles. The van der Waals surface area contributed by atoms with E-state index in [0.717, 1.165) is 55.5 Å². The molecule has 16 N–H and O–H groups in total. The number of thioether (sulfide) groups is 1. The SMILES string of the molecule is C.CS(=O)(=O)OO.CS(=O)(=O)OO.CS(=O)(=O)OO.C[n+]1cccc(CCCBr)c1.C[n+]1cccc(CCCO)c1.C[n+]1cccc(CCCSC(=N)N)c1.C[n+]1cccc(F)c1.NC(N)=S.NCCO.O=C(O)C(F)(F)F.O=C(O)C(F)(F)F. The van der Waals surface area contributed by atoms with Crippen LogP contribution in [0.25, 0.3) is 0 Å². The van der Waals surface area contributed by atoms with Crippen LogP contribution in [-0.4, -0.2) is 146 Å². The molecule has 0 aliphatic carbocycles. The maximum Gasteiger partial charge on any atom is 0.490 e. The molecule has 0 spiro atoms. The van der Waals surface area contributed by atoms with Gasteiger partial charge in [-0.05, 0) is 75.0 Å². The Morgan fingerprint density at radius 2 is 0.859 bits per heavy atom. The molecule has 0 atom stereocenters. The minimum Gasteiger partial charge on any atom is -0.475 e. The lowest BCUT2D eigenvalue weighted by atomic mass is 10.2. The second-order valence-electron chi connectivity index (χ2n) is 15.1. The number of aliphatic hydroxyl groups is 2. The Hall–Kier alpha value is -5.47. The van der Waals surface area contributed by atoms with Gasteiger partial charge >= 0.3 is 24.3 Å². The van der Waals surface area contributed by atoms with Crippen molar-refractivity contribution in [3.05, 3.63) is 121 Å². The number of nitrogens with one attached hydrogen (secondary N) is 1. The summed E-state index contributed by atoms with van der Waals surface area (Å²) in [4.78, 5) is 17.8. The molecule has 0 fully saturated rings. The van der Waals surface area contributed by atoms with Crippen LogP contribution in [0.5, 0.6) is 0 Å². The van der Waals surface area contributed by atoms with E-state index in [9.17, 15) is 56.0 Å². The highest BCUT2D eigenvalue weighted by Gasteiger charge is 2.38. The van der Waals surface area contributed by atoms with Gasteiger partial charge in [-0.2, -0.15) is 51.6 Å². The molecule has 4 aromatic rings. The summed E-state index contributed by atoms with van der Waals surface area (Å²) in [7, 11) is -2.96. The Balaban J connectivity index is -0.000000130. The zero-order valence-corrected chi connectivity index (χ0v) is 52.0. The average Bonchev–Trinajstić information content (AvgIpc) is 3.37. The van der Waals surface area contributed by atoms with Crippen molar-refractivity contribution >= 4 is 92.5 Å². The first-order valence-corrected chi connectivity index (χ1v) is 30.4. The topological polar surface area (TPSA) is 449 Å². The lowest BCUT2D eigenvalue weighted by molar-refractivity contribution is -0.673. The molecule has 0 aliphatic heterocycles. The fourth-order valence-electron chi connectivity index (χ4n) is 3.96. The number of halogens is 8. The number of hydrogen-bond acceptors (Lipinski definition) is 20. The van der Waals surface area contributed by atoms with Crippen molar-refractivity contribution < 1.29 is 133 Å². The van der Waals surface area contributed by atoms with Gasteiger partial charge in [0.25, 0.3) is 30.4 Å². The zero-order chi connectivity index (χ0) is 67.3. The summed E-state index contributed by atoms with van der Waals surface area (Å²) in [5.74, 6) is -4.79. The maximum atomic E-state index is 12.1. The molecule has 4 aromatic heterocycles. The van der Waals surface area contributed by atoms with Crippen LogP contribution < -0.4 is 41.2 Å². The van der Waals surface area contributed by atoms with Crippen LogP contribution in [0.3, 0.4) is 0 Å². The van der Waals surface area contributed by atoms with Gasteiger partial charge in [0.2, 0.25) is 6.20 Å². The summed E-state index contributed by atoms with van der Waals surface area (Å²) in [5.41, 5.74) is 23.3. The van der Waals surface area contributed by atoms with Crippen LogP contribution in [-0.2, 0) is 100 Å². The third-order valence-corrected chi connectivity index (χ3v) is 9.19. The van der Waals surface area contributed by atoms with Gasteiger partial charge in [-0.25, -0.2) is 48.0 Å². The Labute approximate surface area is 508 Å². The zero-order valence-electron chi connectivity index (χ0n) is 46.3. The number of carboxylic acids is 2. The quantitative estimate of drug-likeness (QED) is 0.00992. The average molecular weight is 1410 g/mol. The number of alkyl halides is 7. The second-order valence-corrected chi connectivity index (χ2v) is 22.2. The fraction of sp³-hybridized carbons (Fsp3) is 0.467. The van der Waals surface area contributed by atoms with Gasteiger partial charge in [0.15, 0.2) is 59.5 Å². The van der Waals surface area contributed by atoms with Crippen molar-refractivity contribution in [3.8, 4) is 0 Å². The molecule has 0 aliphatic rings. The Bertz CT molecular complexity index is 2560. The maximum absolute atomic E-state index is 12.1. The number of amidine groups is 1. The number of carbonyl (C=O) groups is 2. The van der Waals surface area contributed by atoms with Crippen molar-refractivity contribution in [3.63, 3.8) is 0 Å². The Morgan fingerprint density at radius 1 is 0.612 bits per heavy atom. The highest BCUT2D eigenvalue weighted by molar-refractivity contribution is 9.09. The molecule has 4 rings (SSSR count). The molecule has 0 bridgehead atoms. The summed E-state index contributed by atoms with van der Waals surface area (Å²) in [6.07, 6.45) is 14.0. The van der Waals surface area contributed by atoms with E-state index >= 15 is 0 Å². The molecule has 0 amide bonds. The number of rotatable bonds is 14. The largest absolute Gasteiger partial charge is 0.490 e. The smallest absolute Gasteiger partial charge is 0.475 e. The van der Waals surface area contributed by atoms with Crippen molar-refractivity contribution in [1.29, 1.82) is 5.41 Å². The van der Waals surface area contributed by atoms with E-state index < -0.39 is 54.6 Å². The van der Waals surface area contributed by atoms with Gasteiger partial charge in [0.05, 0.1) is 25.4 Å². The van der Waals surface area contributed by atoms with E-state index in [2.05, 4.69) is 113 Å². The standard InChI is InChI=1S/C10H16N3S.C9H13BrN.C9H14NO.C6H7FN.2C2HF3O2.C2H7NO.CH4N2S.3CH4O4S.CH4/c1-13-6-2-4-9(8-13)5-3-7-14-10(11)12;1-11-7-3-5-9(8-11)4-2-6-10;1-10-6-2-4-9(8-10)5-3-7-11;1-8-4-2-3-6(7)5-8;2*3-2(4,5)1(6)7;3-1-2-4;2-1(3)4;3*1-6(3,4)5-2;/h2,4,6,8H,3,5,7H2,1H3,(H3,11,12);3,5,7-8H,2,4,6H2,1H3;2,4,6,8,11H,3,5,7H2,1H3;2-5H,1H3;2*(H,6,7);4H,1-3H2;(H4,2,3,4);3*2H,1H3;1H4/q4*+1;;;;;;;;. The number of nitrogens with two attached hydrogens (primary N) is 4. The predicted molar refractivity (Wildman–Crippen MR) is 308 cm³/mol. The van der Waals surface area contributed by atoms with Gasteiger partial charge in [-0.1, -0.05) is 35.1 Å². The molecule has 4 heterocycles. The Morgan fingerprint density at radius 3 is 1.04 bits per heavy atom. The highest BCUT2D eigenvalue weighted by Crippen LogP contribution is 2.14. The third-order valence-electron chi connectivity index (χ3n) is 7.02. The minimum absolute atomic E-state index is 0. The van der Waals surface area contributed by atoms with Crippen LogP contribution in [0.2, 0.25) is 0 Å². The highest BCUT2D eigenvalue weighted by atomic mass is 79.9. The molecule has 0 radical (unpaired) electrons. The van der Waals surface area contributed by atoms with Gasteiger partial charge in [-0.3, -0.25) is 5.41 Å². The van der Waals surface area contributed by atoms with Gasteiger partial charge in [0, 0.05) is 65.2 Å². The molecule has 0 unspecified atom stereocenters. The van der Waals surface area contributed by atoms with E-state index in [1.54, 1.807) is 23.9 Å². The first-order chi connectivity index (χ1) is 38.3. The number of aliphatic carboxylic acids is 2. The molecule has 27 nitrogen and oxygen atoms in total. The summed E-state index contributed by atoms with van der Waals surface area (Å²) in [5, 5.41) is 60.9. The van der Waals surface area contributed by atoms with Crippen molar-refractivity contribution in [2.45, 2.75) is 58.3 Å². The van der Waals surface area contributed by atoms with Crippen LogP contribution >= 0.6 is 39.9 Å². The van der Waals surface area contributed by atoms with Gasteiger partial charge < -0.3 is 43.4 Å². The summed E-state index contributed by atoms with van der Waals surface area (Å²) < 4.78 is 149. The lowest BCUT2D eigenvalue weighted by Gasteiger charge is -1.99. The van der Waals surface area contributed by atoms with E-state index in [-0.39, 0.29) is 36.7 Å². The van der Waals surface area contributed by atoms with Gasteiger partial charge in [0.1, 0.15) is 28.2 Å². The van der Waals surface area contributed by atoms with Crippen LogP contribution in [0.1, 0.15) is 43.4 Å². The summed E-state index contributed by atoms with van der Waals surface area (Å²) >= 11 is 8.92. The number of aliphatic hydroxyl groups excluding tert-OH is 2. The molecule has 85 heavy (non-hydrogen) atoms. The minimum atomic E-state index is -5.08. The number of thiocarbonyl (C=S) groups is 1. The van der Waals surface area contributed by atoms with Crippen molar-refractivity contribution in [2.24, 2.45) is 51.1 Å². The number of nitrogens with zero attached hydrogens (tertiary/aromatic N) is 4. The molecular formula is C45H79BrF7N9O18S5+4. The number of hydrogen-bond donors (Lipinski definition) is 12. The van der Waals surface area contributed by atoms with E-state index in [1.807, 2.05) is 47.8 Å². The molecule has 40 heteroatoms. The fourth-order valence-corrected chi connectivity index (χ4v) is 4.75. The van der Waals surface area contributed by atoms with Gasteiger partial charge in [-0.15, -0.1) is 13.0 Å². The predicted octanol–water partition coefficient (Wildman–Crippen LogP) is 2.33. The monoisotopic (exact) mass is 1410 g/mol. The first-order valence-electron chi connectivity index (χ1n) is 22.5. The summed E-state index contributed by atoms with van der Waals surface area (Å²) in [6, 6.07) is 15.6. The Kier molecular flexibility index (Phi) is 63.5. The van der Waals surface area contributed by atoms with Crippen molar-refractivity contribution in [2.75, 3.05) is 49.6 Å². The molecule has 494 valence electrons. The van der Waals surface area contributed by atoms with Crippen LogP contribution in [0, 0.1) is 11.2 Å². The number of aromatic nitrogens is 4. The normalized spacial score (nSPS) is 10.1. The number of pyridine rings is 4.